The van der Waals surface area contributed by atoms with Crippen molar-refractivity contribution in [2.75, 3.05) is 5.32 Å². The minimum Gasteiger partial charge on any atom is -0.487 e. The lowest BCUT2D eigenvalue weighted by atomic mass is 10.2. The topological polar surface area (TPSA) is 68.8 Å². The minimum atomic E-state index is -0.0333. The average molecular weight is 310 g/mol. The Balaban J connectivity index is 2.16. The Kier molecular flexibility index (Phi) is 5.43. The van der Waals surface area contributed by atoms with Gasteiger partial charge in [0.05, 0.1) is 5.69 Å². The van der Waals surface area contributed by atoms with E-state index in [-0.39, 0.29) is 5.57 Å². The predicted molar refractivity (Wildman–Crippen MR) is 85.2 cm³/mol. The molecule has 0 radical (unpaired) electrons. The molecule has 2 rings (SSSR count). The van der Waals surface area contributed by atoms with E-state index in [1.54, 1.807) is 30.3 Å². The second kappa shape index (κ2) is 7.73. The summed E-state index contributed by atoms with van der Waals surface area (Å²) in [6.07, 6.45) is 1.32. The van der Waals surface area contributed by atoms with E-state index >= 15 is 0 Å². The Bertz CT molecular complexity index is 742. The predicted octanol–water partition coefficient (Wildman–Crippen LogP) is 4.26. The van der Waals surface area contributed by atoms with Gasteiger partial charge in [-0.25, -0.2) is 0 Å². The van der Waals surface area contributed by atoms with Crippen LogP contribution in [0, 0.1) is 22.7 Å². The Morgan fingerprint density at radius 1 is 1.14 bits per heavy atom. The van der Waals surface area contributed by atoms with Crippen LogP contribution in [0.1, 0.15) is 5.56 Å². The summed E-state index contributed by atoms with van der Waals surface area (Å²) >= 11 is 5.97. The molecule has 2 aromatic rings. The van der Waals surface area contributed by atoms with Gasteiger partial charge in [0.2, 0.25) is 0 Å². The lowest BCUT2D eigenvalue weighted by Gasteiger charge is -2.12. The molecule has 0 atom stereocenters. The quantitative estimate of drug-likeness (QED) is 0.838. The van der Waals surface area contributed by atoms with Gasteiger partial charge in [0.1, 0.15) is 30.1 Å². The number of anilines is 1. The van der Waals surface area contributed by atoms with Gasteiger partial charge >= 0.3 is 0 Å². The third kappa shape index (κ3) is 4.28. The molecule has 0 spiro atoms. The van der Waals surface area contributed by atoms with Crippen LogP contribution in [-0.2, 0) is 6.61 Å². The summed E-state index contributed by atoms with van der Waals surface area (Å²) in [5.74, 6) is 0.583. The maximum Gasteiger partial charge on any atom is 0.145 e. The zero-order chi connectivity index (χ0) is 15.8. The summed E-state index contributed by atoms with van der Waals surface area (Å²) in [6, 6.07) is 18.4. The summed E-state index contributed by atoms with van der Waals surface area (Å²) in [5, 5.41) is 20.9. The zero-order valence-electron chi connectivity index (χ0n) is 11.6. The third-order valence-electron chi connectivity index (χ3n) is 2.79. The van der Waals surface area contributed by atoms with E-state index in [2.05, 4.69) is 5.32 Å². The normalized spacial score (nSPS) is 9.23. The molecule has 0 heterocycles. The number of halogens is 1. The van der Waals surface area contributed by atoms with Crippen molar-refractivity contribution in [3.63, 3.8) is 0 Å². The van der Waals surface area contributed by atoms with E-state index in [4.69, 9.17) is 26.9 Å². The minimum absolute atomic E-state index is 0.0333. The van der Waals surface area contributed by atoms with E-state index in [9.17, 15) is 0 Å². The van der Waals surface area contributed by atoms with Crippen LogP contribution in [0.5, 0.6) is 5.75 Å². The van der Waals surface area contributed by atoms with Crippen LogP contribution < -0.4 is 10.1 Å². The highest BCUT2D eigenvalue weighted by Crippen LogP contribution is 2.29. The monoisotopic (exact) mass is 309 g/mol. The summed E-state index contributed by atoms with van der Waals surface area (Å²) < 4.78 is 5.76. The molecule has 0 unspecified atom stereocenters. The van der Waals surface area contributed by atoms with Crippen LogP contribution in [0.2, 0.25) is 5.02 Å². The average Bonchev–Trinajstić information content (AvgIpc) is 2.56. The molecule has 0 bridgehead atoms. The van der Waals surface area contributed by atoms with Crippen molar-refractivity contribution in [2.24, 2.45) is 0 Å². The Morgan fingerprint density at radius 2 is 1.86 bits per heavy atom. The van der Waals surface area contributed by atoms with Crippen LogP contribution in [0.4, 0.5) is 5.69 Å². The Labute approximate surface area is 133 Å². The largest absolute Gasteiger partial charge is 0.487 e. The number of hydrogen-bond donors (Lipinski definition) is 1. The molecule has 0 aromatic heterocycles. The second-order valence-corrected chi connectivity index (χ2v) is 4.78. The van der Waals surface area contributed by atoms with Crippen LogP contribution >= 0.6 is 11.6 Å². The number of ether oxygens (including phenoxy) is 1. The smallest absolute Gasteiger partial charge is 0.145 e. The molecule has 0 amide bonds. The molecule has 5 heteroatoms. The summed E-state index contributed by atoms with van der Waals surface area (Å²) in [4.78, 5) is 0. The first-order valence-electron chi connectivity index (χ1n) is 6.46. The van der Waals surface area contributed by atoms with E-state index in [0.717, 1.165) is 5.56 Å². The summed E-state index contributed by atoms with van der Waals surface area (Å²) in [6.45, 7) is 0.407. The van der Waals surface area contributed by atoms with Crippen LogP contribution in [0.3, 0.4) is 0 Å². The van der Waals surface area contributed by atoms with Gasteiger partial charge in [0, 0.05) is 11.2 Å². The fraction of sp³-hybridized carbons (Fsp3) is 0.0588. The fourth-order valence-electron chi connectivity index (χ4n) is 1.72. The number of allylic oxidation sites excluding steroid dienone is 1. The van der Waals surface area contributed by atoms with Crippen molar-refractivity contribution in [1.82, 2.24) is 0 Å². The van der Waals surface area contributed by atoms with Gasteiger partial charge in [-0.05, 0) is 23.8 Å². The highest BCUT2D eigenvalue weighted by Gasteiger charge is 2.05. The molecule has 22 heavy (non-hydrogen) atoms. The van der Waals surface area contributed by atoms with Crippen molar-refractivity contribution in [3.05, 3.63) is 70.9 Å². The molecular formula is C17H12ClN3O. The number of nitriles is 2. The fourth-order valence-corrected chi connectivity index (χ4v) is 1.89. The molecule has 4 nitrogen and oxygen atoms in total. The van der Waals surface area contributed by atoms with Crippen molar-refractivity contribution in [3.8, 4) is 17.9 Å². The van der Waals surface area contributed by atoms with Crippen molar-refractivity contribution in [2.45, 2.75) is 6.61 Å². The molecule has 1 N–H and O–H groups in total. The first-order chi connectivity index (χ1) is 10.7. The highest BCUT2D eigenvalue weighted by atomic mass is 35.5. The Hall–Kier alpha value is -2.95. The second-order valence-electron chi connectivity index (χ2n) is 4.34. The molecule has 0 saturated heterocycles. The number of rotatable bonds is 5. The van der Waals surface area contributed by atoms with Gasteiger partial charge < -0.3 is 10.1 Å². The van der Waals surface area contributed by atoms with Crippen molar-refractivity contribution >= 4 is 17.3 Å². The van der Waals surface area contributed by atoms with E-state index in [0.29, 0.717) is 23.1 Å². The van der Waals surface area contributed by atoms with Gasteiger partial charge in [-0.2, -0.15) is 10.5 Å². The summed E-state index contributed by atoms with van der Waals surface area (Å²) in [5.41, 5.74) is 1.59. The van der Waals surface area contributed by atoms with E-state index < -0.39 is 0 Å². The SMILES string of the molecule is N#CC(C#N)=CNc1cc(Cl)ccc1OCc1ccccc1. The molecule has 0 aliphatic rings. The number of benzene rings is 2. The van der Waals surface area contributed by atoms with Crippen LogP contribution in [-0.4, -0.2) is 0 Å². The van der Waals surface area contributed by atoms with Gasteiger partial charge in [-0.3, -0.25) is 0 Å². The number of nitrogens with one attached hydrogen (secondary N) is 1. The lowest BCUT2D eigenvalue weighted by Crippen LogP contribution is -1.99. The van der Waals surface area contributed by atoms with Crippen molar-refractivity contribution in [1.29, 1.82) is 10.5 Å². The molecular weight excluding hydrogens is 298 g/mol. The maximum absolute atomic E-state index is 8.74. The van der Waals surface area contributed by atoms with E-state index in [1.807, 2.05) is 30.3 Å². The number of hydrogen-bond acceptors (Lipinski definition) is 4. The van der Waals surface area contributed by atoms with Gasteiger partial charge in [-0.15, -0.1) is 0 Å². The van der Waals surface area contributed by atoms with E-state index in [1.165, 1.54) is 6.20 Å². The first-order valence-corrected chi connectivity index (χ1v) is 6.84. The molecule has 0 aliphatic carbocycles. The van der Waals surface area contributed by atoms with Gasteiger partial charge in [0.25, 0.3) is 0 Å². The first kappa shape index (κ1) is 15.4. The molecule has 0 aliphatic heterocycles. The molecule has 0 saturated carbocycles. The Morgan fingerprint density at radius 3 is 2.55 bits per heavy atom. The molecule has 108 valence electrons. The van der Waals surface area contributed by atoms with Crippen LogP contribution in [0.15, 0.2) is 60.3 Å². The highest BCUT2D eigenvalue weighted by molar-refractivity contribution is 6.30. The lowest BCUT2D eigenvalue weighted by molar-refractivity contribution is 0.308. The maximum atomic E-state index is 8.74. The molecule has 0 fully saturated rings. The standard InChI is InChI=1S/C17H12ClN3O/c18-15-6-7-17(22-12-13-4-2-1-3-5-13)16(8-15)21-11-14(9-19)10-20/h1-8,11,21H,12H2. The number of nitrogens with zero attached hydrogens (tertiary/aromatic N) is 2. The van der Waals surface area contributed by atoms with Gasteiger partial charge in [-0.1, -0.05) is 41.9 Å². The third-order valence-corrected chi connectivity index (χ3v) is 3.03. The molecule has 2 aromatic carbocycles. The zero-order valence-corrected chi connectivity index (χ0v) is 12.3. The van der Waals surface area contributed by atoms with Crippen molar-refractivity contribution < 1.29 is 4.74 Å². The summed E-state index contributed by atoms with van der Waals surface area (Å²) in [7, 11) is 0. The van der Waals surface area contributed by atoms with Crippen LogP contribution in [0.25, 0.3) is 0 Å². The van der Waals surface area contributed by atoms with Gasteiger partial charge in [0.15, 0.2) is 0 Å².